The fourth-order valence-corrected chi connectivity index (χ4v) is 3.76. The van der Waals surface area contributed by atoms with Gasteiger partial charge >= 0.3 is 5.97 Å². The van der Waals surface area contributed by atoms with Crippen molar-refractivity contribution in [1.29, 1.82) is 0 Å². The molecule has 1 atom stereocenters. The molecule has 0 saturated heterocycles. The molecule has 12 heteroatoms. The van der Waals surface area contributed by atoms with Crippen LogP contribution < -0.4 is 10.9 Å². The fraction of sp³-hybridized carbons (Fsp3) is 0.364. The van der Waals surface area contributed by atoms with E-state index in [0.29, 0.717) is 4.52 Å². The first-order valence-corrected chi connectivity index (χ1v) is 7.93. The van der Waals surface area contributed by atoms with E-state index in [1.54, 1.807) is 0 Å². The Kier molecular flexibility index (Phi) is 6.02. The number of hydrogen-bond donors (Lipinski definition) is 2. The highest BCUT2D eigenvalue weighted by Crippen LogP contribution is 2.36. The second kappa shape index (κ2) is 7.19. The van der Waals surface area contributed by atoms with Crippen LogP contribution in [0.1, 0.15) is 0 Å². The molecule has 1 unspecified atom stereocenters. The molecule has 0 aromatic rings. The number of nitro groups is 1. The van der Waals surface area contributed by atoms with Crippen LogP contribution >= 0.6 is 11.6 Å². The summed E-state index contributed by atoms with van der Waals surface area (Å²) in [4.78, 5) is 21.4. The molecular weight excluding hydrogens is 352 g/mol. The van der Waals surface area contributed by atoms with Crippen LogP contribution in [0.25, 0.3) is 0 Å². The number of halogens is 1. The zero-order valence-electron chi connectivity index (χ0n) is 12.5. The van der Waals surface area contributed by atoms with E-state index in [1.165, 1.54) is 14.1 Å². The van der Waals surface area contributed by atoms with E-state index in [-0.39, 0.29) is 5.57 Å². The summed E-state index contributed by atoms with van der Waals surface area (Å²) in [6.45, 7) is 3.50. The molecule has 0 heterocycles. The molecule has 0 aromatic carbocycles. The molecule has 0 aromatic heterocycles. The number of carbonyl (C=O) groups excluding carboxylic acids is 1. The van der Waals surface area contributed by atoms with Gasteiger partial charge in [-0.25, -0.2) is 24.1 Å². The Bertz CT molecular complexity index is 710. The number of sulfonamides is 1. The number of alkyl halides is 1. The smallest absolute Gasteiger partial charge is 0.339 e. The summed E-state index contributed by atoms with van der Waals surface area (Å²) >= 11 is 5.91. The van der Waals surface area contributed by atoms with Gasteiger partial charge in [-0.3, -0.25) is 10.1 Å². The molecular formula is C11H15ClN4O6S. The maximum atomic E-state index is 12.6. The van der Waals surface area contributed by atoms with E-state index in [1.807, 2.05) is 0 Å². The predicted octanol–water partition coefficient (Wildman–Crippen LogP) is -0.348. The first kappa shape index (κ1) is 19.3. The lowest BCUT2D eigenvalue weighted by atomic mass is 10.00. The van der Waals surface area contributed by atoms with Crippen LogP contribution in [-0.2, 0) is 19.6 Å². The number of hydrazine groups is 2. The van der Waals surface area contributed by atoms with Gasteiger partial charge in [0.2, 0.25) is 0 Å². The number of hydrogen-bond acceptors (Lipinski definition) is 8. The lowest BCUT2D eigenvalue weighted by Crippen LogP contribution is -2.50. The Labute approximate surface area is 137 Å². The Morgan fingerprint density at radius 3 is 2.39 bits per heavy atom. The summed E-state index contributed by atoms with van der Waals surface area (Å²) in [6.07, 6.45) is 1.05. The number of esters is 1. The number of ether oxygens (including phenoxy) is 1. The van der Waals surface area contributed by atoms with Crippen LogP contribution in [0.5, 0.6) is 0 Å². The van der Waals surface area contributed by atoms with Crippen LogP contribution in [0.15, 0.2) is 34.4 Å². The van der Waals surface area contributed by atoms with Gasteiger partial charge in [0, 0.05) is 14.1 Å². The van der Waals surface area contributed by atoms with Crippen molar-refractivity contribution in [2.75, 3.05) is 21.2 Å². The number of rotatable bonds is 6. The van der Waals surface area contributed by atoms with Crippen LogP contribution in [0.2, 0.25) is 0 Å². The Hall–Kier alpha value is -1.79. The van der Waals surface area contributed by atoms with Gasteiger partial charge in [0.15, 0.2) is 4.91 Å². The third kappa shape index (κ3) is 3.43. The maximum Gasteiger partial charge on any atom is 0.339 e. The molecule has 1 aliphatic carbocycles. The number of carbonyl (C=O) groups is 1. The quantitative estimate of drug-likeness (QED) is 0.282. The molecule has 0 amide bonds. The fourth-order valence-electron chi connectivity index (χ4n) is 1.90. The number of nitrogens with zero attached hydrogens (tertiary/aromatic N) is 2. The molecule has 23 heavy (non-hydrogen) atoms. The van der Waals surface area contributed by atoms with E-state index >= 15 is 0 Å². The number of methoxy groups -OCH3 is 1. The molecule has 1 rings (SSSR count). The van der Waals surface area contributed by atoms with Crippen molar-refractivity contribution in [3.05, 3.63) is 44.5 Å². The first-order chi connectivity index (χ1) is 10.6. The predicted molar refractivity (Wildman–Crippen MR) is 81.8 cm³/mol. The van der Waals surface area contributed by atoms with Crippen LogP contribution in [-0.4, -0.2) is 50.4 Å². The molecule has 0 spiro atoms. The molecule has 0 bridgehead atoms. The SMILES string of the molecule is C=C1C=C(C(=O)OC)C(S(=O)(=O)N(NC)NC)=C([N+](=O)[O-])C1Cl. The van der Waals surface area contributed by atoms with Crippen molar-refractivity contribution >= 4 is 27.6 Å². The van der Waals surface area contributed by atoms with Gasteiger partial charge in [-0.05, 0) is 11.6 Å². The van der Waals surface area contributed by atoms with E-state index in [9.17, 15) is 23.3 Å². The molecule has 0 fully saturated rings. The van der Waals surface area contributed by atoms with Gasteiger partial charge in [-0.1, -0.05) is 11.1 Å². The van der Waals surface area contributed by atoms with Crippen LogP contribution in [0.3, 0.4) is 0 Å². The van der Waals surface area contributed by atoms with E-state index in [0.717, 1.165) is 13.2 Å². The van der Waals surface area contributed by atoms with E-state index in [2.05, 4.69) is 22.2 Å². The highest BCUT2D eigenvalue weighted by Gasteiger charge is 2.45. The van der Waals surface area contributed by atoms with Gasteiger partial charge < -0.3 is 4.74 Å². The number of nitrogens with one attached hydrogen (secondary N) is 2. The van der Waals surface area contributed by atoms with Gasteiger partial charge in [0.05, 0.1) is 17.6 Å². The average molecular weight is 367 g/mol. The lowest BCUT2D eigenvalue weighted by Gasteiger charge is -2.25. The summed E-state index contributed by atoms with van der Waals surface area (Å²) in [5, 5.41) is 9.92. The molecule has 10 nitrogen and oxygen atoms in total. The van der Waals surface area contributed by atoms with Gasteiger partial charge in [0.25, 0.3) is 15.7 Å². The molecule has 2 N–H and O–H groups in total. The van der Waals surface area contributed by atoms with Gasteiger partial charge in [-0.15, -0.1) is 11.6 Å². The van der Waals surface area contributed by atoms with Crippen molar-refractivity contribution in [3.8, 4) is 0 Å². The Morgan fingerprint density at radius 2 is 2.00 bits per heavy atom. The zero-order valence-corrected chi connectivity index (χ0v) is 14.1. The normalized spacial score (nSPS) is 18.9. The van der Waals surface area contributed by atoms with Crippen LogP contribution in [0, 0.1) is 10.1 Å². The zero-order chi connectivity index (χ0) is 17.9. The first-order valence-electron chi connectivity index (χ1n) is 6.05. The highest BCUT2D eigenvalue weighted by atomic mass is 35.5. The summed E-state index contributed by atoms with van der Waals surface area (Å²) in [5.41, 5.74) is 3.16. The monoisotopic (exact) mass is 366 g/mol. The van der Waals surface area contributed by atoms with Crippen molar-refractivity contribution in [3.63, 3.8) is 0 Å². The van der Waals surface area contributed by atoms with E-state index in [4.69, 9.17) is 11.6 Å². The second-order valence-electron chi connectivity index (χ2n) is 4.18. The van der Waals surface area contributed by atoms with Gasteiger partial charge in [-0.2, -0.15) is 0 Å². The minimum Gasteiger partial charge on any atom is -0.465 e. The second-order valence-corrected chi connectivity index (χ2v) is 6.34. The Balaban J connectivity index is 3.80. The lowest BCUT2D eigenvalue weighted by molar-refractivity contribution is -0.426. The highest BCUT2D eigenvalue weighted by molar-refractivity contribution is 7.93. The summed E-state index contributed by atoms with van der Waals surface area (Å²) in [7, 11) is -0.977. The number of allylic oxidation sites excluding steroid dienone is 2. The van der Waals surface area contributed by atoms with Crippen molar-refractivity contribution in [1.82, 2.24) is 15.4 Å². The minimum absolute atomic E-state index is 0.00168. The summed E-state index contributed by atoms with van der Waals surface area (Å²) in [5.74, 6) is -1.07. The largest absolute Gasteiger partial charge is 0.465 e. The maximum absolute atomic E-state index is 12.6. The molecule has 128 valence electrons. The topological polar surface area (TPSA) is 131 Å². The molecule has 0 aliphatic heterocycles. The van der Waals surface area contributed by atoms with Crippen molar-refractivity contribution in [2.24, 2.45) is 0 Å². The molecule has 0 saturated carbocycles. The van der Waals surface area contributed by atoms with Gasteiger partial charge in [0.1, 0.15) is 5.38 Å². The third-order valence-corrected chi connectivity index (χ3v) is 5.16. The minimum atomic E-state index is -4.52. The standard InChI is InChI=1S/C11H15ClN4O6S/c1-6-5-7(11(17)22-4)10(9(8(6)12)15(18)19)23(20,21)16(13-2)14-3/h5,8,13-14H,1H2,2-4H3. The Morgan fingerprint density at radius 1 is 1.48 bits per heavy atom. The molecule has 0 radical (unpaired) electrons. The average Bonchev–Trinajstić information content (AvgIpc) is 2.48. The van der Waals surface area contributed by atoms with E-state index < -0.39 is 42.5 Å². The van der Waals surface area contributed by atoms with Crippen LogP contribution in [0.4, 0.5) is 0 Å². The van der Waals surface area contributed by atoms with Crippen molar-refractivity contribution in [2.45, 2.75) is 5.38 Å². The summed E-state index contributed by atoms with van der Waals surface area (Å²) in [6, 6.07) is 0. The van der Waals surface area contributed by atoms with Crippen molar-refractivity contribution < 1.29 is 22.9 Å². The summed E-state index contributed by atoms with van der Waals surface area (Å²) < 4.78 is 30.3. The molecule has 1 aliphatic rings. The third-order valence-electron chi connectivity index (χ3n) is 2.88.